The molecule has 0 saturated carbocycles. The molecule has 1 aromatic carbocycles. The summed E-state index contributed by atoms with van der Waals surface area (Å²) in [5.41, 5.74) is 1.16. The highest BCUT2D eigenvalue weighted by atomic mass is 16.4. The van der Waals surface area contributed by atoms with E-state index in [0.29, 0.717) is 37.1 Å². The molecule has 1 saturated heterocycles. The Kier molecular flexibility index (Phi) is 5.73. The van der Waals surface area contributed by atoms with Crippen LogP contribution in [0.2, 0.25) is 0 Å². The van der Waals surface area contributed by atoms with E-state index < -0.39 is 11.9 Å². The summed E-state index contributed by atoms with van der Waals surface area (Å²) in [7, 11) is 0. The van der Waals surface area contributed by atoms with Gasteiger partial charge in [0, 0.05) is 30.8 Å². The summed E-state index contributed by atoms with van der Waals surface area (Å²) in [4.78, 5) is 36.7. The predicted octanol–water partition coefficient (Wildman–Crippen LogP) is 2.36. The van der Waals surface area contributed by atoms with Gasteiger partial charge >= 0.3 is 5.97 Å². The maximum absolute atomic E-state index is 12.4. The summed E-state index contributed by atoms with van der Waals surface area (Å²) in [6, 6.07) is 6.71. The smallest absolute Gasteiger partial charge is 0.308 e. The van der Waals surface area contributed by atoms with Gasteiger partial charge in [0.2, 0.25) is 5.91 Å². The molecule has 1 aliphatic heterocycles. The SMILES string of the molecule is CCCC(=O)Nc1ccc(C(=O)N2CCC[C@@H](C(=O)O)C2)cc1. The number of aliphatic carboxylic acids is 1. The lowest BCUT2D eigenvalue weighted by atomic mass is 9.97. The van der Waals surface area contributed by atoms with E-state index in [2.05, 4.69) is 5.32 Å². The van der Waals surface area contributed by atoms with Crippen molar-refractivity contribution in [3.05, 3.63) is 29.8 Å². The molecule has 0 unspecified atom stereocenters. The van der Waals surface area contributed by atoms with E-state index in [0.717, 1.165) is 6.42 Å². The van der Waals surface area contributed by atoms with Crippen LogP contribution in [0, 0.1) is 5.92 Å². The van der Waals surface area contributed by atoms with Gasteiger partial charge in [0.25, 0.3) is 5.91 Å². The van der Waals surface area contributed by atoms with Crippen molar-refractivity contribution in [2.75, 3.05) is 18.4 Å². The lowest BCUT2D eigenvalue weighted by Crippen LogP contribution is -2.42. The molecule has 124 valence electrons. The van der Waals surface area contributed by atoms with Gasteiger partial charge in [-0.25, -0.2) is 0 Å². The number of anilines is 1. The summed E-state index contributed by atoms with van der Waals surface area (Å²) < 4.78 is 0. The van der Waals surface area contributed by atoms with E-state index >= 15 is 0 Å². The van der Waals surface area contributed by atoms with Gasteiger partial charge in [-0.15, -0.1) is 0 Å². The molecule has 0 bridgehead atoms. The van der Waals surface area contributed by atoms with Crippen LogP contribution in [0.25, 0.3) is 0 Å². The third-order valence-electron chi connectivity index (χ3n) is 3.95. The van der Waals surface area contributed by atoms with Gasteiger partial charge in [-0.2, -0.15) is 0 Å². The lowest BCUT2D eigenvalue weighted by Gasteiger charge is -2.30. The lowest BCUT2D eigenvalue weighted by molar-refractivity contribution is -0.143. The molecule has 23 heavy (non-hydrogen) atoms. The molecular formula is C17H22N2O4. The van der Waals surface area contributed by atoms with E-state index in [1.807, 2.05) is 6.92 Å². The van der Waals surface area contributed by atoms with Gasteiger partial charge in [0.05, 0.1) is 5.92 Å². The second-order valence-corrected chi connectivity index (χ2v) is 5.80. The zero-order valence-electron chi connectivity index (χ0n) is 13.2. The molecule has 2 rings (SSSR count). The number of piperidine rings is 1. The average molecular weight is 318 g/mol. The minimum absolute atomic E-state index is 0.0492. The van der Waals surface area contributed by atoms with Crippen molar-refractivity contribution >= 4 is 23.5 Å². The van der Waals surface area contributed by atoms with Gasteiger partial charge in [0.15, 0.2) is 0 Å². The highest BCUT2D eigenvalue weighted by Gasteiger charge is 2.28. The first kappa shape index (κ1) is 17.0. The van der Waals surface area contributed by atoms with Crippen molar-refractivity contribution in [2.24, 2.45) is 5.92 Å². The van der Waals surface area contributed by atoms with E-state index in [-0.39, 0.29) is 18.4 Å². The predicted molar refractivity (Wildman–Crippen MR) is 86.2 cm³/mol. The van der Waals surface area contributed by atoms with Gasteiger partial charge in [-0.1, -0.05) is 6.92 Å². The van der Waals surface area contributed by atoms with Gasteiger partial charge < -0.3 is 15.3 Å². The van der Waals surface area contributed by atoms with Crippen LogP contribution in [0.1, 0.15) is 43.0 Å². The van der Waals surface area contributed by atoms with Crippen LogP contribution in [-0.4, -0.2) is 40.9 Å². The standard InChI is InChI=1S/C17H22N2O4/c1-2-4-15(20)18-14-8-6-12(7-9-14)16(21)19-10-3-5-13(11-19)17(22)23/h6-9,13H,2-5,10-11H2,1H3,(H,18,20)(H,22,23)/t13-/m1/s1. The molecule has 1 heterocycles. The molecule has 1 fully saturated rings. The van der Waals surface area contributed by atoms with Crippen LogP contribution in [-0.2, 0) is 9.59 Å². The summed E-state index contributed by atoms with van der Waals surface area (Å²) in [5.74, 6) is -1.55. The summed E-state index contributed by atoms with van der Waals surface area (Å²) in [6.45, 7) is 2.77. The van der Waals surface area contributed by atoms with Crippen molar-refractivity contribution in [1.82, 2.24) is 4.90 Å². The zero-order chi connectivity index (χ0) is 16.8. The molecule has 0 radical (unpaired) electrons. The first-order valence-corrected chi connectivity index (χ1v) is 7.93. The monoisotopic (exact) mass is 318 g/mol. The van der Waals surface area contributed by atoms with E-state index in [9.17, 15) is 14.4 Å². The second kappa shape index (κ2) is 7.76. The molecule has 1 atom stereocenters. The van der Waals surface area contributed by atoms with E-state index in [4.69, 9.17) is 5.11 Å². The Morgan fingerprint density at radius 1 is 1.26 bits per heavy atom. The highest BCUT2D eigenvalue weighted by molar-refractivity contribution is 5.96. The number of carbonyl (C=O) groups is 3. The molecule has 2 N–H and O–H groups in total. The number of nitrogens with zero attached hydrogens (tertiary/aromatic N) is 1. The van der Waals surface area contributed by atoms with Crippen LogP contribution in [0.3, 0.4) is 0 Å². The van der Waals surface area contributed by atoms with E-state index in [1.54, 1.807) is 29.2 Å². The Morgan fingerprint density at radius 2 is 1.96 bits per heavy atom. The number of rotatable bonds is 5. The molecule has 1 aromatic rings. The molecule has 0 spiro atoms. The number of carboxylic acids is 1. The quantitative estimate of drug-likeness (QED) is 0.872. The first-order valence-electron chi connectivity index (χ1n) is 7.93. The van der Waals surface area contributed by atoms with Gasteiger partial charge in [0.1, 0.15) is 0 Å². The number of hydrogen-bond acceptors (Lipinski definition) is 3. The number of amides is 2. The fourth-order valence-electron chi connectivity index (χ4n) is 2.69. The first-order chi connectivity index (χ1) is 11.0. The van der Waals surface area contributed by atoms with Gasteiger partial charge in [-0.05, 0) is 43.5 Å². The molecule has 0 aromatic heterocycles. The Balaban J connectivity index is 1.99. The Bertz CT molecular complexity index is 583. The number of likely N-dealkylation sites (tertiary alicyclic amines) is 1. The minimum atomic E-state index is -0.850. The fraction of sp³-hybridized carbons (Fsp3) is 0.471. The molecule has 0 aliphatic carbocycles. The van der Waals surface area contributed by atoms with Crippen molar-refractivity contribution in [2.45, 2.75) is 32.6 Å². The summed E-state index contributed by atoms with van der Waals surface area (Å²) >= 11 is 0. The van der Waals surface area contributed by atoms with Gasteiger partial charge in [-0.3, -0.25) is 14.4 Å². The Morgan fingerprint density at radius 3 is 2.57 bits per heavy atom. The van der Waals surface area contributed by atoms with Crippen molar-refractivity contribution in [1.29, 1.82) is 0 Å². The van der Waals surface area contributed by atoms with Crippen molar-refractivity contribution < 1.29 is 19.5 Å². The largest absolute Gasteiger partial charge is 0.481 e. The number of carboxylic acid groups (broad SMARTS) is 1. The fourth-order valence-corrected chi connectivity index (χ4v) is 2.69. The number of nitrogens with one attached hydrogen (secondary N) is 1. The topological polar surface area (TPSA) is 86.7 Å². The Labute approximate surface area is 135 Å². The molecule has 2 amide bonds. The summed E-state index contributed by atoms with van der Waals surface area (Å²) in [6.07, 6.45) is 2.56. The van der Waals surface area contributed by atoms with Crippen LogP contribution in [0.5, 0.6) is 0 Å². The third-order valence-corrected chi connectivity index (χ3v) is 3.95. The van der Waals surface area contributed by atoms with Crippen LogP contribution >= 0.6 is 0 Å². The van der Waals surface area contributed by atoms with Crippen LogP contribution < -0.4 is 5.32 Å². The Hall–Kier alpha value is -2.37. The molecular weight excluding hydrogens is 296 g/mol. The normalized spacial score (nSPS) is 17.6. The minimum Gasteiger partial charge on any atom is -0.481 e. The van der Waals surface area contributed by atoms with Crippen molar-refractivity contribution in [3.63, 3.8) is 0 Å². The van der Waals surface area contributed by atoms with E-state index in [1.165, 1.54) is 0 Å². The number of benzene rings is 1. The summed E-state index contributed by atoms with van der Waals surface area (Å²) in [5, 5.41) is 11.9. The third kappa shape index (κ3) is 4.55. The van der Waals surface area contributed by atoms with Crippen molar-refractivity contribution in [3.8, 4) is 0 Å². The zero-order valence-corrected chi connectivity index (χ0v) is 13.2. The number of carbonyl (C=O) groups excluding carboxylic acids is 2. The van der Waals surface area contributed by atoms with Crippen LogP contribution in [0.4, 0.5) is 5.69 Å². The highest BCUT2D eigenvalue weighted by Crippen LogP contribution is 2.19. The average Bonchev–Trinajstić information content (AvgIpc) is 2.55. The second-order valence-electron chi connectivity index (χ2n) is 5.80. The maximum Gasteiger partial charge on any atom is 0.308 e. The molecule has 6 nitrogen and oxygen atoms in total. The molecule has 6 heteroatoms. The molecule has 1 aliphatic rings. The van der Waals surface area contributed by atoms with Crippen LogP contribution in [0.15, 0.2) is 24.3 Å². The number of hydrogen-bond donors (Lipinski definition) is 2. The maximum atomic E-state index is 12.4.